The summed E-state index contributed by atoms with van der Waals surface area (Å²) in [4.78, 5) is 0. The van der Waals surface area contributed by atoms with Crippen LogP contribution >= 0.6 is 0 Å². The van der Waals surface area contributed by atoms with E-state index in [4.69, 9.17) is 4.74 Å². The molecule has 1 aromatic heterocycles. The summed E-state index contributed by atoms with van der Waals surface area (Å²) >= 11 is 0. The van der Waals surface area contributed by atoms with Gasteiger partial charge in [0.1, 0.15) is 12.4 Å². The van der Waals surface area contributed by atoms with Crippen LogP contribution in [0, 0.1) is 0 Å². The summed E-state index contributed by atoms with van der Waals surface area (Å²) in [5, 5.41) is 1.29. The summed E-state index contributed by atoms with van der Waals surface area (Å²) in [7, 11) is 0. The minimum absolute atomic E-state index is 0.611. The zero-order valence-electron chi connectivity index (χ0n) is 20.9. The fourth-order valence-corrected chi connectivity index (χ4v) is 4.75. The normalized spacial score (nSPS) is 11.2. The number of hydrogen-bond donors (Lipinski definition) is 0. The predicted molar refractivity (Wildman–Crippen MR) is 145 cm³/mol. The van der Waals surface area contributed by atoms with Crippen LogP contribution in [0.3, 0.4) is 0 Å². The van der Waals surface area contributed by atoms with Gasteiger partial charge in [-0.15, -0.1) is 0 Å². The Morgan fingerprint density at radius 1 is 0.676 bits per heavy atom. The van der Waals surface area contributed by atoms with Crippen molar-refractivity contribution in [1.29, 1.82) is 0 Å². The van der Waals surface area contributed by atoms with Crippen molar-refractivity contribution in [2.45, 2.75) is 78.4 Å². The van der Waals surface area contributed by atoms with Crippen LogP contribution in [0.15, 0.2) is 79.0 Å². The monoisotopic (exact) mass is 453 g/mol. The molecule has 3 aromatic carbocycles. The van der Waals surface area contributed by atoms with Crippen molar-refractivity contribution in [2.24, 2.45) is 0 Å². The van der Waals surface area contributed by atoms with E-state index in [1.807, 2.05) is 0 Å². The summed E-state index contributed by atoms with van der Waals surface area (Å²) in [6, 6.07) is 26.3. The van der Waals surface area contributed by atoms with Gasteiger partial charge in [-0.2, -0.15) is 0 Å². The number of aryl methyl sites for hydroxylation is 4. The molecule has 0 spiro atoms. The van der Waals surface area contributed by atoms with E-state index in [9.17, 15) is 0 Å². The lowest BCUT2D eigenvalue weighted by Crippen LogP contribution is -1.98. The highest BCUT2D eigenvalue weighted by molar-refractivity contribution is 5.90. The van der Waals surface area contributed by atoms with Crippen molar-refractivity contribution in [3.8, 4) is 5.75 Å². The summed E-state index contributed by atoms with van der Waals surface area (Å²) in [6.07, 6.45) is 11.9. The molecule has 0 N–H and O–H groups in total. The lowest BCUT2D eigenvalue weighted by Gasteiger charge is -2.10. The number of nitrogens with zero attached hydrogens (tertiary/aromatic N) is 1. The molecule has 2 nitrogen and oxygen atoms in total. The molecule has 34 heavy (non-hydrogen) atoms. The van der Waals surface area contributed by atoms with Crippen molar-refractivity contribution in [3.05, 3.63) is 101 Å². The van der Waals surface area contributed by atoms with E-state index in [1.54, 1.807) is 0 Å². The Bertz CT molecular complexity index is 1140. The quantitative estimate of drug-likeness (QED) is 0.185. The number of hydrogen-bond acceptors (Lipinski definition) is 1. The number of benzene rings is 3. The van der Waals surface area contributed by atoms with Gasteiger partial charge in [-0.05, 0) is 72.9 Å². The minimum atomic E-state index is 0.611. The van der Waals surface area contributed by atoms with E-state index in [2.05, 4.69) is 97.4 Å². The van der Waals surface area contributed by atoms with Crippen molar-refractivity contribution < 1.29 is 4.74 Å². The number of unbranched alkanes of at least 4 members (excludes halogenated alkanes) is 3. The van der Waals surface area contributed by atoms with Crippen LogP contribution in [0.1, 0.15) is 68.2 Å². The van der Waals surface area contributed by atoms with E-state index in [-0.39, 0.29) is 0 Å². The second-order valence-electron chi connectivity index (χ2n) is 9.36. The largest absolute Gasteiger partial charge is 0.488 e. The van der Waals surface area contributed by atoms with Crippen molar-refractivity contribution in [3.63, 3.8) is 0 Å². The number of aromatic nitrogens is 1. The van der Waals surface area contributed by atoms with E-state index in [0.717, 1.165) is 25.1 Å². The molecule has 4 aromatic rings. The van der Waals surface area contributed by atoms with Gasteiger partial charge in [-0.3, -0.25) is 0 Å². The van der Waals surface area contributed by atoms with Gasteiger partial charge < -0.3 is 9.30 Å². The number of rotatable bonds is 13. The Morgan fingerprint density at radius 2 is 1.38 bits per heavy atom. The standard InChI is InChI=1S/C32H39NO/c1-3-5-23-33-24-29(4-2)32-30(33)17-12-18-31(32)34-25-28-21-19-27(20-22-28)16-11-7-10-15-26-13-8-6-9-14-26/h6,8-9,12-14,17-22,24H,3-5,7,10-11,15-16,23,25H2,1-2H3. The molecule has 4 rings (SSSR count). The SMILES string of the molecule is CCCCn1cc(CC)c2c(OCc3ccc(CCCCCc4ccccc4)cc3)cccc21. The minimum Gasteiger partial charge on any atom is -0.488 e. The number of fused-ring (bicyclic) bond motifs is 1. The van der Waals surface area contributed by atoms with Crippen molar-refractivity contribution >= 4 is 10.9 Å². The first-order valence-corrected chi connectivity index (χ1v) is 13.1. The van der Waals surface area contributed by atoms with E-state index < -0.39 is 0 Å². The van der Waals surface area contributed by atoms with Crippen LogP contribution in [0.5, 0.6) is 5.75 Å². The molecular formula is C32H39NO. The van der Waals surface area contributed by atoms with Crippen LogP contribution in [0.25, 0.3) is 10.9 Å². The Kier molecular flexibility index (Phi) is 8.84. The summed E-state index contributed by atoms with van der Waals surface area (Å²) < 4.78 is 8.75. The average molecular weight is 454 g/mol. The van der Waals surface area contributed by atoms with Crippen LogP contribution in [0.4, 0.5) is 0 Å². The molecule has 0 atom stereocenters. The van der Waals surface area contributed by atoms with Crippen molar-refractivity contribution in [1.82, 2.24) is 4.57 Å². The molecule has 0 saturated heterocycles. The molecule has 0 aliphatic carbocycles. The van der Waals surface area contributed by atoms with Gasteiger partial charge in [0.05, 0.1) is 5.52 Å². The fourth-order valence-electron chi connectivity index (χ4n) is 4.75. The van der Waals surface area contributed by atoms with Gasteiger partial charge >= 0.3 is 0 Å². The first kappa shape index (κ1) is 24.1. The van der Waals surface area contributed by atoms with Gasteiger partial charge in [0.15, 0.2) is 0 Å². The molecule has 178 valence electrons. The summed E-state index contributed by atoms with van der Waals surface area (Å²) in [5.41, 5.74) is 6.78. The third kappa shape index (κ3) is 6.32. The Labute approximate surface area is 205 Å². The molecule has 0 aliphatic heterocycles. The molecule has 0 unspecified atom stereocenters. The maximum atomic E-state index is 6.35. The van der Waals surface area contributed by atoms with Crippen LogP contribution < -0.4 is 4.74 Å². The Morgan fingerprint density at radius 3 is 2.09 bits per heavy atom. The summed E-state index contributed by atoms with van der Waals surface area (Å²) in [5.74, 6) is 1.01. The maximum absolute atomic E-state index is 6.35. The zero-order valence-corrected chi connectivity index (χ0v) is 20.9. The third-order valence-corrected chi connectivity index (χ3v) is 6.77. The van der Waals surface area contributed by atoms with Crippen LogP contribution in [-0.4, -0.2) is 4.57 Å². The average Bonchev–Trinajstić information content (AvgIpc) is 3.26. The maximum Gasteiger partial charge on any atom is 0.129 e. The Hall–Kier alpha value is -3.00. The molecular weight excluding hydrogens is 414 g/mol. The Balaban J connectivity index is 1.29. The highest BCUT2D eigenvalue weighted by Crippen LogP contribution is 2.32. The lowest BCUT2D eigenvalue weighted by molar-refractivity contribution is 0.310. The zero-order chi connectivity index (χ0) is 23.6. The van der Waals surface area contributed by atoms with Gasteiger partial charge in [0.2, 0.25) is 0 Å². The van der Waals surface area contributed by atoms with Gasteiger partial charge in [0, 0.05) is 18.1 Å². The van der Waals surface area contributed by atoms with E-state index >= 15 is 0 Å². The number of ether oxygens (including phenoxy) is 1. The van der Waals surface area contributed by atoms with Gasteiger partial charge in [-0.1, -0.05) is 87.4 Å². The lowest BCUT2D eigenvalue weighted by atomic mass is 10.0. The third-order valence-electron chi connectivity index (χ3n) is 6.77. The fraction of sp³-hybridized carbons (Fsp3) is 0.375. The second-order valence-corrected chi connectivity index (χ2v) is 9.36. The van der Waals surface area contributed by atoms with Gasteiger partial charge in [-0.25, -0.2) is 0 Å². The molecule has 0 amide bonds. The van der Waals surface area contributed by atoms with Crippen LogP contribution in [0.2, 0.25) is 0 Å². The molecule has 0 fully saturated rings. The topological polar surface area (TPSA) is 14.2 Å². The highest BCUT2D eigenvalue weighted by Gasteiger charge is 2.12. The molecule has 0 bridgehead atoms. The molecule has 0 aliphatic rings. The predicted octanol–water partition coefficient (Wildman–Crippen LogP) is 8.54. The highest BCUT2D eigenvalue weighted by atomic mass is 16.5. The van der Waals surface area contributed by atoms with Gasteiger partial charge in [0.25, 0.3) is 0 Å². The van der Waals surface area contributed by atoms with Crippen LogP contribution in [-0.2, 0) is 32.4 Å². The van der Waals surface area contributed by atoms with Crippen molar-refractivity contribution in [2.75, 3.05) is 0 Å². The first-order chi connectivity index (χ1) is 16.8. The second kappa shape index (κ2) is 12.5. The molecule has 1 heterocycles. The molecule has 0 saturated carbocycles. The van der Waals surface area contributed by atoms with E-state index in [1.165, 1.54) is 71.7 Å². The molecule has 0 radical (unpaired) electrons. The summed E-state index contributed by atoms with van der Waals surface area (Å²) in [6.45, 7) is 6.17. The molecule has 2 heteroatoms. The first-order valence-electron chi connectivity index (χ1n) is 13.1. The van der Waals surface area contributed by atoms with E-state index in [0.29, 0.717) is 6.61 Å². The smallest absolute Gasteiger partial charge is 0.129 e.